The van der Waals surface area contributed by atoms with Crippen LogP contribution in [-0.2, 0) is 14.3 Å². The smallest absolute Gasteiger partial charge is 0.336 e. The third-order valence-electron chi connectivity index (χ3n) is 6.04. The average Bonchev–Trinajstić information content (AvgIpc) is 2.78. The normalized spacial score (nSPS) is 20.8. The molecule has 4 rings (SSSR count). The summed E-state index contributed by atoms with van der Waals surface area (Å²) in [5.41, 5.74) is 4.88. The predicted molar refractivity (Wildman–Crippen MR) is 119 cm³/mol. The van der Waals surface area contributed by atoms with Crippen LogP contribution < -0.4 is 10.1 Å². The van der Waals surface area contributed by atoms with Crippen molar-refractivity contribution < 1.29 is 19.1 Å². The molecule has 2 aliphatic rings. The number of Topliss-reactive ketones (excluding diaryl/α,β-unsaturated/α-hetero) is 1. The van der Waals surface area contributed by atoms with Crippen LogP contribution in [0.4, 0.5) is 0 Å². The number of ether oxygens (including phenoxy) is 2. The van der Waals surface area contributed by atoms with Crippen LogP contribution in [0, 0.1) is 0 Å². The minimum atomic E-state index is -0.416. The van der Waals surface area contributed by atoms with Crippen LogP contribution in [0.2, 0.25) is 0 Å². The summed E-state index contributed by atoms with van der Waals surface area (Å²) in [6, 6.07) is 17.6. The van der Waals surface area contributed by atoms with Crippen LogP contribution in [0.1, 0.15) is 49.7 Å². The molecule has 0 spiro atoms. The molecule has 1 aliphatic carbocycles. The number of benzene rings is 2. The van der Waals surface area contributed by atoms with E-state index in [1.165, 1.54) is 0 Å². The molecule has 0 aromatic heterocycles. The summed E-state index contributed by atoms with van der Waals surface area (Å²) >= 11 is 0. The Labute approximate surface area is 182 Å². The number of hydrogen-bond acceptors (Lipinski definition) is 5. The fourth-order valence-electron chi connectivity index (χ4n) is 4.61. The first-order valence-corrected chi connectivity index (χ1v) is 10.6. The van der Waals surface area contributed by atoms with Crippen LogP contribution in [-0.4, -0.2) is 25.5 Å². The Morgan fingerprint density at radius 2 is 1.74 bits per heavy atom. The van der Waals surface area contributed by atoms with Gasteiger partial charge in [-0.25, -0.2) is 4.79 Å². The zero-order valence-electron chi connectivity index (χ0n) is 18.1. The van der Waals surface area contributed by atoms with E-state index in [9.17, 15) is 9.59 Å². The van der Waals surface area contributed by atoms with Crippen molar-refractivity contribution in [2.75, 3.05) is 13.7 Å². The van der Waals surface area contributed by atoms with Crippen LogP contribution in [0.5, 0.6) is 5.75 Å². The number of methoxy groups -OCH3 is 1. The Kier molecular flexibility index (Phi) is 5.94. The van der Waals surface area contributed by atoms with Crippen molar-refractivity contribution in [2.24, 2.45) is 0 Å². The second-order valence-corrected chi connectivity index (χ2v) is 7.92. The van der Waals surface area contributed by atoms with E-state index in [4.69, 9.17) is 9.47 Å². The largest absolute Gasteiger partial charge is 0.497 e. The molecule has 5 heteroatoms. The fraction of sp³-hybridized carbons (Fsp3) is 0.308. The number of rotatable bonds is 5. The van der Waals surface area contributed by atoms with Gasteiger partial charge in [0, 0.05) is 29.3 Å². The number of hydrogen-bond donors (Lipinski definition) is 1. The maximum absolute atomic E-state index is 13.5. The van der Waals surface area contributed by atoms with Crippen molar-refractivity contribution >= 4 is 11.8 Å². The van der Waals surface area contributed by atoms with E-state index < -0.39 is 5.92 Å². The van der Waals surface area contributed by atoms with E-state index in [0.717, 1.165) is 28.3 Å². The standard InChI is InChI=1S/C26H27NO4/c1-4-31-26(29)23-16(2)27-21-14-19(17-10-12-20(30-3)13-11-17)15-22(28)25(21)24(23)18-8-6-5-7-9-18/h5-13,19,24,27H,4,14-15H2,1-3H3. The number of dihydropyridines is 1. The lowest BCUT2D eigenvalue weighted by Gasteiger charge is -2.36. The molecule has 1 heterocycles. The highest BCUT2D eigenvalue weighted by atomic mass is 16.5. The van der Waals surface area contributed by atoms with Gasteiger partial charge < -0.3 is 14.8 Å². The highest BCUT2D eigenvalue weighted by molar-refractivity contribution is 6.04. The number of carbonyl (C=O) groups excluding carboxylic acids is 2. The Bertz CT molecular complexity index is 1050. The van der Waals surface area contributed by atoms with Gasteiger partial charge in [-0.3, -0.25) is 4.79 Å². The monoisotopic (exact) mass is 417 g/mol. The van der Waals surface area contributed by atoms with Crippen molar-refractivity contribution in [2.45, 2.75) is 38.5 Å². The second-order valence-electron chi connectivity index (χ2n) is 7.92. The van der Waals surface area contributed by atoms with Crippen LogP contribution in [0.3, 0.4) is 0 Å². The first kappa shape index (κ1) is 20.9. The molecule has 2 aromatic carbocycles. The molecular formula is C26H27NO4. The molecule has 0 saturated heterocycles. The summed E-state index contributed by atoms with van der Waals surface area (Å²) in [6.07, 6.45) is 1.12. The molecule has 5 nitrogen and oxygen atoms in total. The number of ketones is 1. The first-order chi connectivity index (χ1) is 15.0. The lowest BCUT2D eigenvalue weighted by Crippen LogP contribution is -2.36. The summed E-state index contributed by atoms with van der Waals surface area (Å²) in [7, 11) is 1.64. The van der Waals surface area contributed by atoms with E-state index in [1.807, 2.05) is 61.5 Å². The fourth-order valence-corrected chi connectivity index (χ4v) is 4.61. The SMILES string of the molecule is CCOC(=O)C1=C(C)NC2=C(C(=O)CC(c3ccc(OC)cc3)C2)C1c1ccccc1. The average molecular weight is 418 g/mol. The number of allylic oxidation sites excluding steroid dienone is 3. The van der Waals surface area contributed by atoms with Crippen molar-refractivity contribution in [3.63, 3.8) is 0 Å². The van der Waals surface area contributed by atoms with Gasteiger partial charge in [-0.05, 0) is 49.4 Å². The Morgan fingerprint density at radius 3 is 2.39 bits per heavy atom. The number of esters is 1. The van der Waals surface area contributed by atoms with Gasteiger partial charge in [0.2, 0.25) is 0 Å². The van der Waals surface area contributed by atoms with Crippen molar-refractivity contribution in [3.05, 3.63) is 88.3 Å². The maximum atomic E-state index is 13.5. The molecule has 1 N–H and O–H groups in total. The van der Waals surface area contributed by atoms with Crippen LogP contribution in [0.15, 0.2) is 77.1 Å². The highest BCUT2D eigenvalue weighted by Crippen LogP contribution is 2.45. The summed E-state index contributed by atoms with van der Waals surface area (Å²) < 4.78 is 10.6. The Balaban J connectivity index is 1.75. The van der Waals surface area contributed by atoms with Gasteiger partial charge in [-0.1, -0.05) is 42.5 Å². The summed E-state index contributed by atoms with van der Waals surface area (Å²) in [5.74, 6) is 0.151. The zero-order valence-corrected chi connectivity index (χ0v) is 18.1. The Hall–Kier alpha value is -3.34. The molecule has 2 atom stereocenters. The Morgan fingerprint density at radius 1 is 1.03 bits per heavy atom. The molecule has 0 fully saturated rings. The molecule has 0 amide bonds. The van der Waals surface area contributed by atoms with Gasteiger partial charge in [0.1, 0.15) is 5.75 Å². The molecule has 2 aromatic rings. The van der Waals surface area contributed by atoms with Gasteiger partial charge in [-0.15, -0.1) is 0 Å². The van der Waals surface area contributed by atoms with Gasteiger partial charge in [-0.2, -0.15) is 0 Å². The highest BCUT2D eigenvalue weighted by Gasteiger charge is 2.41. The number of nitrogens with one attached hydrogen (secondary N) is 1. The number of carbonyl (C=O) groups is 2. The van der Waals surface area contributed by atoms with E-state index in [1.54, 1.807) is 14.0 Å². The molecule has 1 aliphatic heterocycles. The molecule has 0 bridgehead atoms. The molecular weight excluding hydrogens is 390 g/mol. The lowest BCUT2D eigenvalue weighted by molar-refractivity contribution is -0.138. The summed E-state index contributed by atoms with van der Waals surface area (Å²) in [4.78, 5) is 26.3. The summed E-state index contributed by atoms with van der Waals surface area (Å²) in [5, 5.41) is 3.37. The van der Waals surface area contributed by atoms with E-state index in [0.29, 0.717) is 24.0 Å². The molecule has 0 radical (unpaired) electrons. The molecule has 2 unspecified atom stereocenters. The van der Waals surface area contributed by atoms with Crippen LogP contribution in [0.25, 0.3) is 0 Å². The molecule has 31 heavy (non-hydrogen) atoms. The first-order valence-electron chi connectivity index (χ1n) is 10.6. The van der Waals surface area contributed by atoms with Crippen LogP contribution >= 0.6 is 0 Å². The quantitative estimate of drug-likeness (QED) is 0.719. The van der Waals surface area contributed by atoms with Crippen molar-refractivity contribution in [1.29, 1.82) is 0 Å². The van der Waals surface area contributed by atoms with Gasteiger partial charge in [0.25, 0.3) is 0 Å². The molecule has 0 saturated carbocycles. The van der Waals surface area contributed by atoms with Gasteiger partial charge in [0.15, 0.2) is 5.78 Å². The lowest BCUT2D eigenvalue weighted by atomic mass is 9.72. The minimum absolute atomic E-state index is 0.0673. The topological polar surface area (TPSA) is 64.6 Å². The van der Waals surface area contributed by atoms with Crippen molar-refractivity contribution in [3.8, 4) is 5.75 Å². The van der Waals surface area contributed by atoms with E-state index in [-0.39, 0.29) is 24.3 Å². The zero-order chi connectivity index (χ0) is 22.0. The summed E-state index contributed by atoms with van der Waals surface area (Å²) in [6.45, 7) is 3.96. The van der Waals surface area contributed by atoms with Gasteiger partial charge in [0.05, 0.1) is 19.3 Å². The predicted octanol–water partition coefficient (Wildman–Crippen LogP) is 4.62. The third kappa shape index (κ3) is 4.00. The minimum Gasteiger partial charge on any atom is -0.497 e. The van der Waals surface area contributed by atoms with Crippen molar-refractivity contribution in [1.82, 2.24) is 5.32 Å². The molecule has 160 valence electrons. The third-order valence-corrected chi connectivity index (χ3v) is 6.04. The van der Waals surface area contributed by atoms with Gasteiger partial charge >= 0.3 is 5.97 Å². The van der Waals surface area contributed by atoms with E-state index in [2.05, 4.69) is 5.32 Å². The second kappa shape index (κ2) is 8.80. The maximum Gasteiger partial charge on any atom is 0.336 e. The van der Waals surface area contributed by atoms with E-state index >= 15 is 0 Å².